The van der Waals surface area contributed by atoms with Gasteiger partial charge in [0.1, 0.15) is 0 Å². The predicted octanol–water partition coefficient (Wildman–Crippen LogP) is 4.46. The van der Waals surface area contributed by atoms with Gasteiger partial charge in [0.2, 0.25) is 5.72 Å². The molecule has 1 N–H and O–H groups in total. The van der Waals surface area contributed by atoms with E-state index in [9.17, 15) is 40.6 Å². The van der Waals surface area contributed by atoms with Gasteiger partial charge in [0, 0.05) is 23.1 Å². The minimum Gasteiger partial charge on any atom is -0.364 e. The maximum Gasteiger partial charge on any atom is 0.460 e. The summed E-state index contributed by atoms with van der Waals surface area (Å²) in [6, 6.07) is 6.34. The second kappa shape index (κ2) is 6.43. The zero-order chi connectivity index (χ0) is 21.8. The average Bonchev–Trinajstić information content (AvgIpc) is 2.93. The number of amides is 1. The van der Waals surface area contributed by atoms with E-state index in [1.165, 1.54) is 39.0 Å². The fourth-order valence-corrected chi connectivity index (χ4v) is 2.55. The van der Waals surface area contributed by atoms with Crippen LogP contribution in [0.2, 0.25) is 0 Å². The molecule has 0 spiro atoms. The predicted molar refractivity (Wildman–Crippen MR) is 85.0 cm³/mol. The van der Waals surface area contributed by atoms with Crippen molar-refractivity contribution in [3.05, 3.63) is 35.9 Å². The highest BCUT2D eigenvalue weighted by Gasteiger charge is 2.82. The quantitative estimate of drug-likeness (QED) is 0.743. The van der Waals surface area contributed by atoms with Crippen molar-refractivity contribution in [1.29, 1.82) is 0 Å². The second-order valence-electron chi connectivity index (χ2n) is 7.42. The molecule has 1 heterocycles. The van der Waals surface area contributed by atoms with Crippen LogP contribution < -0.4 is 0 Å². The van der Waals surface area contributed by atoms with Crippen LogP contribution >= 0.6 is 0 Å². The third kappa shape index (κ3) is 3.25. The largest absolute Gasteiger partial charge is 0.460 e. The van der Waals surface area contributed by atoms with E-state index in [1.54, 1.807) is 0 Å². The Morgan fingerprint density at radius 3 is 1.96 bits per heavy atom. The molecule has 0 aliphatic carbocycles. The van der Waals surface area contributed by atoms with Gasteiger partial charge >= 0.3 is 18.0 Å². The highest BCUT2D eigenvalue weighted by molar-refractivity contribution is 5.99. The van der Waals surface area contributed by atoms with Gasteiger partial charge in [-0.2, -0.15) is 40.8 Å². The number of hydrogen-bond donors (Lipinski definition) is 1. The third-order valence-electron chi connectivity index (χ3n) is 4.32. The topological polar surface area (TPSA) is 52.9 Å². The van der Waals surface area contributed by atoms with E-state index < -0.39 is 41.5 Å². The van der Waals surface area contributed by atoms with Gasteiger partial charge in [-0.25, -0.2) is 0 Å². The molecule has 0 bridgehead atoms. The molecule has 0 saturated carbocycles. The Hall–Kier alpha value is -2.17. The molecule has 0 saturated heterocycles. The Kier molecular flexibility index (Phi) is 5.08. The molecule has 0 fully saturated rings. The fraction of sp³-hybridized carbons (Fsp3) is 0.529. The van der Waals surface area contributed by atoms with E-state index in [4.69, 9.17) is 0 Å². The van der Waals surface area contributed by atoms with Gasteiger partial charge in [-0.15, -0.1) is 0 Å². The molecule has 4 nitrogen and oxygen atoms in total. The van der Waals surface area contributed by atoms with Crippen LogP contribution in [0.25, 0.3) is 0 Å². The van der Waals surface area contributed by atoms with Crippen molar-refractivity contribution in [2.24, 2.45) is 10.5 Å². The molecule has 156 valence electrons. The second-order valence-corrected chi connectivity index (χ2v) is 7.42. The van der Waals surface area contributed by atoms with Crippen LogP contribution in [0.15, 0.2) is 35.4 Å². The number of hydrogen-bond acceptors (Lipinski definition) is 3. The van der Waals surface area contributed by atoms with Gasteiger partial charge in [0.25, 0.3) is 5.91 Å². The van der Waals surface area contributed by atoms with E-state index in [0.717, 1.165) is 12.1 Å². The lowest BCUT2D eigenvalue weighted by Gasteiger charge is -2.41. The van der Waals surface area contributed by atoms with Crippen molar-refractivity contribution >= 4 is 11.6 Å². The first-order valence-corrected chi connectivity index (χ1v) is 7.99. The van der Waals surface area contributed by atoms with Crippen LogP contribution in [0, 0.1) is 5.41 Å². The molecule has 1 aromatic rings. The van der Waals surface area contributed by atoms with Crippen LogP contribution in [0.5, 0.6) is 0 Å². The van der Waals surface area contributed by atoms with Crippen molar-refractivity contribution in [1.82, 2.24) is 5.01 Å². The average molecular weight is 414 g/mol. The van der Waals surface area contributed by atoms with Crippen LogP contribution in [-0.2, 0) is 0 Å². The molecule has 0 aromatic heterocycles. The molecule has 1 unspecified atom stereocenters. The van der Waals surface area contributed by atoms with Gasteiger partial charge in [-0.05, 0) is 12.1 Å². The minimum atomic E-state index is -6.67. The van der Waals surface area contributed by atoms with Gasteiger partial charge < -0.3 is 5.11 Å². The molecule has 28 heavy (non-hydrogen) atoms. The monoisotopic (exact) mass is 414 g/mol. The highest BCUT2D eigenvalue weighted by atomic mass is 19.4. The standard InChI is InChI=1S/C17H17F7N2O2/c1-13(2,3)11-9-14(28,15(18,19)16(20,21)17(22,23)24)26(25-11)12(27)10-7-5-4-6-8-10/h4-8,28H,9H2,1-3H3. The molecule has 2 rings (SSSR count). The normalized spacial score (nSPS) is 21.7. The van der Waals surface area contributed by atoms with E-state index >= 15 is 0 Å². The summed E-state index contributed by atoms with van der Waals surface area (Å²) in [5.74, 6) is -14.1. The number of nitrogens with zero attached hydrogens (tertiary/aromatic N) is 2. The van der Waals surface area contributed by atoms with Crippen molar-refractivity contribution in [3.8, 4) is 0 Å². The first-order valence-electron chi connectivity index (χ1n) is 7.99. The Labute approximate surface area is 155 Å². The number of hydrazone groups is 1. The number of carbonyl (C=O) groups is 1. The van der Waals surface area contributed by atoms with Crippen molar-refractivity contribution in [3.63, 3.8) is 0 Å². The summed E-state index contributed by atoms with van der Waals surface area (Å²) in [7, 11) is 0. The van der Waals surface area contributed by atoms with E-state index in [1.807, 2.05) is 0 Å². The van der Waals surface area contributed by atoms with Crippen LogP contribution in [0.1, 0.15) is 37.6 Å². The Morgan fingerprint density at radius 1 is 1.04 bits per heavy atom. The lowest BCUT2D eigenvalue weighted by molar-refractivity contribution is -0.400. The molecular weight excluding hydrogens is 397 g/mol. The third-order valence-corrected chi connectivity index (χ3v) is 4.32. The first-order chi connectivity index (χ1) is 12.5. The summed E-state index contributed by atoms with van der Waals surface area (Å²) in [5, 5.41) is 13.6. The zero-order valence-electron chi connectivity index (χ0n) is 15.0. The molecule has 1 amide bonds. The van der Waals surface area contributed by atoms with E-state index in [-0.39, 0.29) is 16.3 Å². The van der Waals surface area contributed by atoms with Crippen LogP contribution in [-0.4, -0.2) is 45.5 Å². The molecule has 11 heteroatoms. The molecular formula is C17H17F7N2O2. The number of carbonyl (C=O) groups excluding carboxylic acids is 1. The van der Waals surface area contributed by atoms with Crippen molar-refractivity contribution < 1.29 is 40.6 Å². The minimum absolute atomic E-state index is 0.328. The molecule has 1 atom stereocenters. The summed E-state index contributed by atoms with van der Waals surface area (Å²) in [6.07, 6.45) is -8.05. The summed E-state index contributed by atoms with van der Waals surface area (Å²) in [4.78, 5) is 12.6. The summed E-state index contributed by atoms with van der Waals surface area (Å²) >= 11 is 0. The summed E-state index contributed by atoms with van der Waals surface area (Å²) in [6.45, 7) is 4.26. The lowest BCUT2D eigenvalue weighted by atomic mass is 9.83. The highest BCUT2D eigenvalue weighted by Crippen LogP contribution is 2.55. The number of aliphatic hydroxyl groups is 1. The Bertz CT molecular complexity index is 785. The molecule has 0 radical (unpaired) electrons. The van der Waals surface area contributed by atoms with Gasteiger partial charge in [-0.3, -0.25) is 4.79 Å². The maximum absolute atomic E-state index is 14.5. The number of benzene rings is 1. The molecule has 1 aliphatic rings. The smallest absolute Gasteiger partial charge is 0.364 e. The lowest BCUT2D eigenvalue weighted by Crippen LogP contribution is -2.69. The van der Waals surface area contributed by atoms with Crippen LogP contribution in [0.3, 0.4) is 0 Å². The fourth-order valence-electron chi connectivity index (χ4n) is 2.55. The zero-order valence-corrected chi connectivity index (χ0v) is 15.0. The number of rotatable bonds is 3. The number of halogens is 7. The van der Waals surface area contributed by atoms with Gasteiger partial charge in [0.15, 0.2) is 0 Å². The molecule has 1 aliphatic heterocycles. The SMILES string of the molecule is CC(C)(C)C1=NN(C(=O)c2ccccc2)C(O)(C(F)(F)C(F)(F)C(F)(F)F)C1. The van der Waals surface area contributed by atoms with Crippen molar-refractivity contribution in [2.75, 3.05) is 0 Å². The van der Waals surface area contributed by atoms with E-state index in [2.05, 4.69) is 5.10 Å². The van der Waals surface area contributed by atoms with Gasteiger partial charge in [-0.1, -0.05) is 39.0 Å². The van der Waals surface area contributed by atoms with E-state index in [0.29, 0.717) is 0 Å². The Balaban J connectivity index is 2.64. The molecule has 1 aromatic carbocycles. The van der Waals surface area contributed by atoms with Gasteiger partial charge in [0.05, 0.1) is 0 Å². The first kappa shape index (κ1) is 22.1. The van der Waals surface area contributed by atoms with Crippen molar-refractivity contribution in [2.45, 2.75) is 50.9 Å². The summed E-state index contributed by atoms with van der Waals surface area (Å²) in [5.41, 5.74) is -5.98. The maximum atomic E-state index is 14.5. The Morgan fingerprint density at radius 2 is 1.54 bits per heavy atom. The summed E-state index contributed by atoms with van der Waals surface area (Å²) < 4.78 is 94.2. The number of alkyl halides is 7. The van der Waals surface area contributed by atoms with Crippen LogP contribution in [0.4, 0.5) is 30.7 Å².